The molecule has 5 nitrogen and oxygen atoms in total. The van der Waals surface area contributed by atoms with Crippen LogP contribution >= 0.6 is 11.5 Å². The molecular weight excluding hydrogens is 308 g/mol. The van der Waals surface area contributed by atoms with E-state index < -0.39 is 9.84 Å². The molecule has 0 aliphatic heterocycles. The molecule has 0 aliphatic carbocycles. The molecule has 0 atom stereocenters. The molecule has 0 fully saturated rings. The number of sulfone groups is 1. The summed E-state index contributed by atoms with van der Waals surface area (Å²) in [6, 6.07) is 6.67. The summed E-state index contributed by atoms with van der Waals surface area (Å²) < 4.78 is 26.9. The monoisotopic (exact) mass is 324 g/mol. The Morgan fingerprint density at radius 2 is 1.90 bits per heavy atom. The lowest BCUT2D eigenvalue weighted by atomic mass is 10.2. The summed E-state index contributed by atoms with van der Waals surface area (Å²) in [5.74, 6) is -0.0174. The first-order valence-electron chi connectivity index (χ1n) is 6.29. The molecule has 0 aliphatic rings. The number of nitrogens with one attached hydrogen (secondary N) is 1. The Balaban J connectivity index is 2.12. The van der Waals surface area contributed by atoms with E-state index in [1.807, 2.05) is 0 Å². The van der Waals surface area contributed by atoms with Crippen molar-refractivity contribution in [1.29, 1.82) is 0 Å². The lowest BCUT2D eigenvalue weighted by molar-refractivity contribution is 0.101. The van der Waals surface area contributed by atoms with Crippen molar-refractivity contribution in [2.75, 3.05) is 11.6 Å². The van der Waals surface area contributed by atoms with Gasteiger partial charge in [0.25, 0.3) is 0 Å². The largest absolute Gasteiger partial charge is 0.371 e. The third-order valence-electron chi connectivity index (χ3n) is 3.02. The minimum atomic E-state index is -3.17. The van der Waals surface area contributed by atoms with Crippen molar-refractivity contribution in [2.24, 2.45) is 0 Å². The van der Waals surface area contributed by atoms with Crippen LogP contribution in [-0.2, 0) is 16.4 Å². The van der Waals surface area contributed by atoms with Gasteiger partial charge in [0.15, 0.2) is 15.6 Å². The molecule has 2 aromatic rings. The Labute approximate surface area is 128 Å². The fourth-order valence-electron chi connectivity index (χ4n) is 1.94. The van der Waals surface area contributed by atoms with Gasteiger partial charge in [-0.1, -0.05) is 12.1 Å². The highest BCUT2D eigenvalue weighted by Crippen LogP contribution is 2.25. The lowest BCUT2D eigenvalue weighted by Crippen LogP contribution is -2.04. The molecule has 0 radical (unpaired) electrons. The summed E-state index contributed by atoms with van der Waals surface area (Å²) >= 11 is 1.25. The van der Waals surface area contributed by atoms with Crippen LogP contribution < -0.4 is 5.32 Å². The zero-order valence-electron chi connectivity index (χ0n) is 12.0. The molecule has 0 saturated heterocycles. The number of carbonyl (C=O) groups is 1. The Hall–Kier alpha value is -1.73. The molecule has 21 heavy (non-hydrogen) atoms. The normalized spacial score (nSPS) is 11.4. The number of carbonyl (C=O) groups excluding carboxylic acids is 1. The minimum absolute atomic E-state index is 0.0174. The summed E-state index contributed by atoms with van der Waals surface area (Å²) in [4.78, 5) is 11.9. The van der Waals surface area contributed by atoms with Crippen LogP contribution in [0.5, 0.6) is 0 Å². The smallest absolute Gasteiger partial charge is 0.175 e. The molecular formula is C14H16N2O3S2. The van der Waals surface area contributed by atoms with E-state index >= 15 is 0 Å². The maximum absolute atomic E-state index is 11.6. The van der Waals surface area contributed by atoms with Gasteiger partial charge >= 0.3 is 0 Å². The van der Waals surface area contributed by atoms with E-state index in [1.165, 1.54) is 24.7 Å². The predicted octanol–water partition coefficient (Wildman–Crippen LogP) is 2.67. The summed E-state index contributed by atoms with van der Waals surface area (Å²) in [6.07, 6.45) is 1.18. The van der Waals surface area contributed by atoms with Gasteiger partial charge in [-0.25, -0.2) is 8.42 Å². The molecule has 1 heterocycles. The number of aromatic nitrogens is 1. The summed E-state index contributed by atoms with van der Waals surface area (Å²) in [5.41, 5.74) is 2.28. The van der Waals surface area contributed by atoms with Crippen LogP contribution in [-0.4, -0.2) is 24.8 Å². The van der Waals surface area contributed by atoms with Crippen molar-refractivity contribution in [1.82, 2.24) is 4.37 Å². The van der Waals surface area contributed by atoms with Gasteiger partial charge < -0.3 is 5.32 Å². The first-order chi connectivity index (χ1) is 9.79. The quantitative estimate of drug-likeness (QED) is 0.856. The highest BCUT2D eigenvalue weighted by Gasteiger charge is 2.14. The first-order valence-corrected chi connectivity index (χ1v) is 8.95. The van der Waals surface area contributed by atoms with E-state index in [9.17, 15) is 13.2 Å². The molecule has 0 saturated carbocycles. The van der Waals surface area contributed by atoms with Gasteiger partial charge in [-0.3, -0.25) is 4.79 Å². The van der Waals surface area contributed by atoms with Crippen molar-refractivity contribution in [3.63, 3.8) is 0 Å². The molecule has 112 valence electrons. The molecule has 0 spiro atoms. The third-order valence-corrected chi connectivity index (χ3v) is 5.04. The van der Waals surface area contributed by atoms with Gasteiger partial charge in [-0.05, 0) is 43.1 Å². The number of nitrogens with zero attached hydrogens (tertiary/aromatic N) is 1. The van der Waals surface area contributed by atoms with E-state index in [4.69, 9.17) is 0 Å². The molecule has 1 aromatic heterocycles. The maximum atomic E-state index is 11.6. The van der Waals surface area contributed by atoms with E-state index in [0.717, 1.165) is 16.3 Å². The highest BCUT2D eigenvalue weighted by atomic mass is 32.2. The number of hydrogen-bond donors (Lipinski definition) is 1. The second-order valence-corrected chi connectivity index (χ2v) is 7.59. The second kappa shape index (κ2) is 5.95. The summed E-state index contributed by atoms with van der Waals surface area (Å²) in [5, 5.41) is 3.92. The molecule has 7 heteroatoms. The van der Waals surface area contributed by atoms with Gasteiger partial charge in [0.05, 0.1) is 16.2 Å². The molecule has 1 aromatic carbocycles. The Bertz CT molecular complexity index is 762. The van der Waals surface area contributed by atoms with E-state index in [-0.39, 0.29) is 5.78 Å². The van der Waals surface area contributed by atoms with Crippen LogP contribution in [0, 0.1) is 6.92 Å². The predicted molar refractivity (Wildman–Crippen MR) is 83.7 cm³/mol. The minimum Gasteiger partial charge on any atom is -0.371 e. The second-order valence-electron chi connectivity index (χ2n) is 4.80. The average Bonchev–Trinajstić information content (AvgIpc) is 2.77. The first kappa shape index (κ1) is 15.7. The Morgan fingerprint density at radius 3 is 2.43 bits per heavy atom. The van der Waals surface area contributed by atoms with Gasteiger partial charge in [-0.15, -0.1) is 0 Å². The highest BCUT2D eigenvalue weighted by molar-refractivity contribution is 7.90. The van der Waals surface area contributed by atoms with Crippen molar-refractivity contribution in [3.05, 3.63) is 41.1 Å². The number of aryl methyl sites for hydroxylation is 1. The topological polar surface area (TPSA) is 76.1 Å². The van der Waals surface area contributed by atoms with Crippen molar-refractivity contribution in [3.8, 4) is 0 Å². The van der Waals surface area contributed by atoms with Crippen LogP contribution in [0.25, 0.3) is 0 Å². The fourth-order valence-corrected chi connectivity index (χ4v) is 3.41. The zero-order chi connectivity index (χ0) is 15.6. The molecule has 0 amide bonds. The SMILES string of the molecule is CC(=O)c1c(C)nsc1NCc1ccc(S(C)(=O)=O)cc1. The number of Topliss-reactive ketones (excluding diaryl/α,β-unsaturated/α-hetero) is 1. The standard InChI is InChI=1S/C14H16N2O3S2/c1-9-13(10(2)17)14(20-16-9)15-8-11-4-6-12(7-5-11)21(3,18)19/h4-7,15H,8H2,1-3H3. The van der Waals surface area contributed by atoms with Crippen LogP contribution in [0.2, 0.25) is 0 Å². The van der Waals surface area contributed by atoms with Crippen molar-refractivity contribution in [2.45, 2.75) is 25.3 Å². The van der Waals surface area contributed by atoms with E-state index in [2.05, 4.69) is 9.69 Å². The molecule has 2 rings (SSSR count). The number of rotatable bonds is 5. The van der Waals surface area contributed by atoms with E-state index in [0.29, 0.717) is 17.0 Å². The fraction of sp³-hybridized carbons (Fsp3) is 0.286. The number of hydrogen-bond acceptors (Lipinski definition) is 6. The van der Waals surface area contributed by atoms with Gasteiger partial charge in [-0.2, -0.15) is 4.37 Å². The Kier molecular flexibility index (Phi) is 4.43. The summed E-state index contributed by atoms with van der Waals surface area (Å²) in [6.45, 7) is 3.83. The lowest BCUT2D eigenvalue weighted by Gasteiger charge is -2.06. The molecule has 1 N–H and O–H groups in total. The van der Waals surface area contributed by atoms with Gasteiger partial charge in [0.2, 0.25) is 0 Å². The van der Waals surface area contributed by atoms with Crippen LogP contribution in [0.1, 0.15) is 28.5 Å². The maximum Gasteiger partial charge on any atom is 0.175 e. The van der Waals surface area contributed by atoms with Gasteiger partial charge in [0.1, 0.15) is 5.00 Å². The van der Waals surface area contributed by atoms with Crippen molar-refractivity contribution >= 4 is 32.2 Å². The van der Waals surface area contributed by atoms with Crippen LogP contribution in [0.3, 0.4) is 0 Å². The average molecular weight is 324 g/mol. The summed E-state index contributed by atoms with van der Waals surface area (Å²) in [7, 11) is -3.17. The number of anilines is 1. The van der Waals surface area contributed by atoms with Crippen LogP contribution in [0.15, 0.2) is 29.2 Å². The molecule has 0 bridgehead atoms. The Morgan fingerprint density at radius 1 is 1.29 bits per heavy atom. The van der Waals surface area contributed by atoms with E-state index in [1.54, 1.807) is 31.2 Å². The van der Waals surface area contributed by atoms with Crippen LogP contribution in [0.4, 0.5) is 5.00 Å². The van der Waals surface area contributed by atoms with Gasteiger partial charge in [0, 0.05) is 12.8 Å². The zero-order valence-corrected chi connectivity index (χ0v) is 13.6. The van der Waals surface area contributed by atoms with Crippen molar-refractivity contribution < 1.29 is 13.2 Å². The number of benzene rings is 1. The molecule has 0 unspecified atom stereocenters. The number of ketones is 1. The third kappa shape index (κ3) is 3.68.